The van der Waals surface area contributed by atoms with Crippen LogP contribution in [0.1, 0.15) is 39.2 Å². The third kappa shape index (κ3) is 3.23. The van der Waals surface area contributed by atoms with Crippen LogP contribution in [0, 0.1) is 0 Å². The quantitative estimate of drug-likeness (QED) is 0.542. The first-order chi connectivity index (χ1) is 12.9. The second kappa shape index (κ2) is 7.32. The molecule has 140 valence electrons. The van der Waals surface area contributed by atoms with Crippen molar-refractivity contribution in [3.8, 4) is 11.5 Å². The summed E-state index contributed by atoms with van der Waals surface area (Å²) in [5.74, 6) is -0.991. The summed E-state index contributed by atoms with van der Waals surface area (Å²) in [6.07, 6.45) is 0. The highest BCUT2D eigenvalue weighted by Crippen LogP contribution is 2.37. The van der Waals surface area contributed by atoms with Gasteiger partial charge in [0.05, 0.1) is 30.0 Å². The van der Waals surface area contributed by atoms with Crippen LogP contribution in [0.5, 0.6) is 11.5 Å². The van der Waals surface area contributed by atoms with Gasteiger partial charge in [0.2, 0.25) is 5.91 Å². The minimum atomic E-state index is -0.692. The highest BCUT2D eigenvalue weighted by atomic mass is 32.1. The van der Waals surface area contributed by atoms with Gasteiger partial charge in [-0.15, -0.1) is 0 Å². The Kier molecular flexibility index (Phi) is 5.09. The topological polar surface area (TPSA) is 95.9 Å². The molecule has 7 nitrogen and oxygen atoms in total. The number of rotatable bonds is 5. The highest BCUT2D eigenvalue weighted by Gasteiger charge is 2.41. The first-order valence-electron chi connectivity index (χ1n) is 8.15. The number of aromatic hydroxyl groups is 1. The Morgan fingerprint density at radius 3 is 2.59 bits per heavy atom. The predicted molar refractivity (Wildman–Crippen MR) is 102 cm³/mol. The lowest BCUT2D eigenvalue weighted by Gasteiger charge is -2.25. The van der Waals surface area contributed by atoms with Crippen LogP contribution in [0.2, 0.25) is 0 Å². The molecule has 0 bridgehead atoms. The normalized spacial score (nSPS) is 14.1. The minimum absolute atomic E-state index is 0.0997. The lowest BCUT2D eigenvalue weighted by molar-refractivity contribution is -0.114. The first-order valence-corrected chi connectivity index (χ1v) is 8.78. The summed E-state index contributed by atoms with van der Waals surface area (Å²) in [5.41, 5.74) is 1.20. The molecule has 1 aliphatic heterocycles. The molecule has 1 atom stereocenters. The van der Waals surface area contributed by atoms with Crippen molar-refractivity contribution in [2.75, 3.05) is 18.2 Å². The largest absolute Gasteiger partial charge is 0.504 e. The zero-order valence-electron chi connectivity index (χ0n) is 14.7. The number of methoxy groups -OCH3 is 1. The number of imide groups is 1. The van der Waals surface area contributed by atoms with Crippen LogP contribution in [0.15, 0.2) is 36.4 Å². The number of thiol groups is 1. The molecule has 8 heteroatoms. The number of amides is 3. The van der Waals surface area contributed by atoms with Crippen molar-refractivity contribution in [1.29, 1.82) is 0 Å². The molecule has 0 aromatic heterocycles. The lowest BCUT2D eigenvalue weighted by Crippen LogP contribution is -2.35. The molecule has 2 N–H and O–H groups in total. The van der Waals surface area contributed by atoms with Crippen LogP contribution < -0.4 is 10.1 Å². The summed E-state index contributed by atoms with van der Waals surface area (Å²) in [6.45, 7) is 1.33. The van der Waals surface area contributed by atoms with Gasteiger partial charge < -0.3 is 15.2 Å². The maximum atomic E-state index is 13.0. The van der Waals surface area contributed by atoms with E-state index in [1.54, 1.807) is 30.3 Å². The molecule has 3 amide bonds. The molecule has 1 heterocycles. The van der Waals surface area contributed by atoms with E-state index in [1.807, 2.05) is 0 Å². The van der Waals surface area contributed by atoms with Crippen molar-refractivity contribution < 1.29 is 24.2 Å². The zero-order valence-corrected chi connectivity index (χ0v) is 15.6. The van der Waals surface area contributed by atoms with E-state index >= 15 is 0 Å². The van der Waals surface area contributed by atoms with Gasteiger partial charge in [-0.25, -0.2) is 0 Å². The standard InChI is InChI=1S/C19H18N2O5S/c1-10(22)20-13-5-3-4-12-17(13)19(25)21(18(12)24)14(9-27)11-6-7-16(26-2)15(23)8-11/h3-8,14,23,27H,9H2,1-2H3,(H,20,22)/t14-/m1/s1. The van der Waals surface area contributed by atoms with Gasteiger partial charge in [-0.3, -0.25) is 19.3 Å². The average molecular weight is 386 g/mol. The Morgan fingerprint density at radius 1 is 1.26 bits per heavy atom. The number of phenolic OH excluding ortho intramolecular Hbond substituents is 1. The van der Waals surface area contributed by atoms with Crippen LogP contribution in [0.3, 0.4) is 0 Å². The molecule has 1 aliphatic rings. The number of nitrogens with one attached hydrogen (secondary N) is 1. The minimum Gasteiger partial charge on any atom is -0.504 e. The number of benzene rings is 2. The number of ether oxygens (including phenoxy) is 1. The van der Waals surface area contributed by atoms with Crippen LogP contribution in [0.4, 0.5) is 5.69 Å². The van der Waals surface area contributed by atoms with E-state index in [0.29, 0.717) is 5.56 Å². The van der Waals surface area contributed by atoms with Gasteiger partial charge in [-0.1, -0.05) is 12.1 Å². The fourth-order valence-corrected chi connectivity index (χ4v) is 3.50. The number of fused-ring (bicyclic) bond motifs is 1. The second-order valence-electron chi connectivity index (χ2n) is 6.02. The number of hydrogen-bond donors (Lipinski definition) is 3. The maximum absolute atomic E-state index is 13.0. The van der Waals surface area contributed by atoms with Gasteiger partial charge in [-0.2, -0.15) is 12.6 Å². The summed E-state index contributed by atoms with van der Waals surface area (Å²) in [7, 11) is 1.43. The zero-order chi connectivity index (χ0) is 19.7. The number of carbonyl (C=O) groups excluding carboxylic acids is 3. The Balaban J connectivity index is 2.03. The first kappa shape index (κ1) is 18.8. The molecule has 2 aromatic rings. The summed E-state index contributed by atoms with van der Waals surface area (Å²) in [5, 5.41) is 12.6. The average Bonchev–Trinajstić information content (AvgIpc) is 2.88. The molecule has 2 aromatic carbocycles. The van der Waals surface area contributed by atoms with Gasteiger partial charge in [0.1, 0.15) is 0 Å². The number of phenols is 1. The molecule has 27 heavy (non-hydrogen) atoms. The van der Waals surface area contributed by atoms with Crippen molar-refractivity contribution in [2.24, 2.45) is 0 Å². The van der Waals surface area contributed by atoms with Crippen molar-refractivity contribution in [3.05, 3.63) is 53.1 Å². The van der Waals surface area contributed by atoms with Crippen molar-refractivity contribution in [2.45, 2.75) is 13.0 Å². The molecule has 0 radical (unpaired) electrons. The second-order valence-corrected chi connectivity index (χ2v) is 6.38. The van der Waals surface area contributed by atoms with Gasteiger partial charge in [0, 0.05) is 12.7 Å². The van der Waals surface area contributed by atoms with E-state index in [-0.39, 0.29) is 40.0 Å². The molecular formula is C19H18N2O5S. The van der Waals surface area contributed by atoms with Crippen molar-refractivity contribution in [1.82, 2.24) is 4.90 Å². The highest BCUT2D eigenvalue weighted by molar-refractivity contribution is 7.80. The fraction of sp³-hybridized carbons (Fsp3) is 0.211. The van der Waals surface area contributed by atoms with Crippen LogP contribution in [-0.2, 0) is 4.79 Å². The van der Waals surface area contributed by atoms with E-state index in [4.69, 9.17) is 4.74 Å². The van der Waals surface area contributed by atoms with Crippen LogP contribution in [0.25, 0.3) is 0 Å². The number of hydrogen-bond acceptors (Lipinski definition) is 6. The van der Waals surface area contributed by atoms with Gasteiger partial charge in [0.15, 0.2) is 11.5 Å². The molecule has 0 unspecified atom stereocenters. The van der Waals surface area contributed by atoms with E-state index in [2.05, 4.69) is 17.9 Å². The number of nitrogens with zero attached hydrogens (tertiary/aromatic N) is 1. The van der Waals surface area contributed by atoms with Crippen molar-refractivity contribution >= 4 is 36.0 Å². The Labute approximate surface area is 161 Å². The summed E-state index contributed by atoms with van der Waals surface area (Å²) in [6, 6.07) is 8.69. The van der Waals surface area contributed by atoms with Gasteiger partial charge >= 0.3 is 0 Å². The molecule has 3 rings (SSSR count). The summed E-state index contributed by atoms with van der Waals surface area (Å²) < 4.78 is 5.03. The third-order valence-electron chi connectivity index (χ3n) is 4.33. The Hall–Kier alpha value is -3.00. The van der Waals surface area contributed by atoms with E-state index in [1.165, 1.54) is 20.1 Å². The fourth-order valence-electron chi connectivity index (χ4n) is 3.13. The maximum Gasteiger partial charge on any atom is 0.264 e. The Bertz CT molecular complexity index is 944. The van der Waals surface area contributed by atoms with Gasteiger partial charge in [0.25, 0.3) is 11.8 Å². The molecule has 0 spiro atoms. The van der Waals surface area contributed by atoms with Crippen molar-refractivity contribution in [3.63, 3.8) is 0 Å². The summed E-state index contributed by atoms with van der Waals surface area (Å²) >= 11 is 4.30. The lowest BCUT2D eigenvalue weighted by atomic mass is 10.1. The number of anilines is 1. The van der Waals surface area contributed by atoms with E-state index in [0.717, 1.165) is 4.90 Å². The SMILES string of the molecule is COc1ccc([C@@H](CS)N2C(=O)c3cccc(NC(C)=O)c3C2=O)cc1O. The number of carbonyl (C=O) groups is 3. The monoisotopic (exact) mass is 386 g/mol. The molecular weight excluding hydrogens is 368 g/mol. The third-order valence-corrected chi connectivity index (χ3v) is 4.68. The predicted octanol–water partition coefficient (Wildman–Crippen LogP) is 2.63. The molecule has 0 fully saturated rings. The molecule has 0 saturated carbocycles. The molecule has 0 saturated heterocycles. The smallest absolute Gasteiger partial charge is 0.264 e. The van der Waals surface area contributed by atoms with Crippen LogP contribution >= 0.6 is 12.6 Å². The van der Waals surface area contributed by atoms with Crippen LogP contribution in [-0.4, -0.2) is 40.6 Å². The van der Waals surface area contributed by atoms with E-state index < -0.39 is 17.9 Å². The summed E-state index contributed by atoms with van der Waals surface area (Å²) in [4.78, 5) is 38.4. The molecule has 0 aliphatic carbocycles. The Morgan fingerprint density at radius 2 is 2.00 bits per heavy atom. The van der Waals surface area contributed by atoms with Gasteiger partial charge in [-0.05, 0) is 29.8 Å². The van der Waals surface area contributed by atoms with E-state index in [9.17, 15) is 19.5 Å².